The van der Waals surface area contributed by atoms with Gasteiger partial charge in [0.2, 0.25) is 0 Å². The molecular weight excluding hydrogens is 302 g/mol. The molecule has 0 radical (unpaired) electrons. The van der Waals surface area contributed by atoms with Crippen molar-refractivity contribution in [1.29, 1.82) is 0 Å². The van der Waals surface area contributed by atoms with Gasteiger partial charge in [-0.1, -0.05) is 31.5 Å². The molecular formula is C14H21Cl2FN2O. The lowest BCUT2D eigenvalue weighted by atomic mass is 10.0. The van der Waals surface area contributed by atoms with Gasteiger partial charge in [-0.2, -0.15) is 0 Å². The molecule has 1 aromatic carbocycles. The van der Waals surface area contributed by atoms with Crippen molar-refractivity contribution in [3.63, 3.8) is 0 Å². The van der Waals surface area contributed by atoms with E-state index in [-0.39, 0.29) is 34.9 Å². The summed E-state index contributed by atoms with van der Waals surface area (Å²) in [6.07, 6.45) is 0.701. The molecule has 0 aliphatic carbocycles. The van der Waals surface area contributed by atoms with Crippen LogP contribution >= 0.6 is 24.0 Å². The lowest BCUT2D eigenvalue weighted by molar-refractivity contribution is 0.0789. The molecule has 0 saturated carbocycles. The fraction of sp³-hybridized carbons (Fsp3) is 0.500. The summed E-state index contributed by atoms with van der Waals surface area (Å²) in [4.78, 5) is 13.7. The Morgan fingerprint density at radius 1 is 1.45 bits per heavy atom. The summed E-state index contributed by atoms with van der Waals surface area (Å²) >= 11 is 5.80. The molecule has 1 amide bonds. The van der Waals surface area contributed by atoms with Gasteiger partial charge in [0.15, 0.2) is 0 Å². The minimum Gasteiger partial charge on any atom is -0.342 e. The van der Waals surface area contributed by atoms with Crippen molar-refractivity contribution in [1.82, 2.24) is 4.90 Å². The largest absolute Gasteiger partial charge is 0.342 e. The highest BCUT2D eigenvalue weighted by Gasteiger charge is 2.18. The monoisotopic (exact) mass is 322 g/mol. The Bertz CT molecular complexity index is 455. The molecule has 1 atom stereocenters. The minimum atomic E-state index is -0.584. The van der Waals surface area contributed by atoms with Crippen molar-refractivity contribution in [3.05, 3.63) is 34.6 Å². The third-order valence-electron chi connectivity index (χ3n) is 3.18. The van der Waals surface area contributed by atoms with E-state index in [1.165, 1.54) is 23.1 Å². The highest BCUT2D eigenvalue weighted by molar-refractivity contribution is 6.33. The van der Waals surface area contributed by atoms with Crippen molar-refractivity contribution in [3.8, 4) is 0 Å². The van der Waals surface area contributed by atoms with Gasteiger partial charge in [-0.05, 0) is 24.5 Å². The Labute approximate surface area is 130 Å². The smallest absolute Gasteiger partial charge is 0.255 e. The van der Waals surface area contributed by atoms with Gasteiger partial charge in [-0.3, -0.25) is 4.79 Å². The summed E-state index contributed by atoms with van der Waals surface area (Å²) in [6.45, 7) is 4.59. The maximum absolute atomic E-state index is 13.3. The molecule has 0 saturated heterocycles. The zero-order chi connectivity index (χ0) is 14.6. The summed E-state index contributed by atoms with van der Waals surface area (Å²) in [6, 6.07) is 4.26. The number of hydrogen-bond donors (Lipinski definition) is 1. The van der Waals surface area contributed by atoms with E-state index in [0.717, 1.165) is 0 Å². The first kappa shape index (κ1) is 19.2. The molecule has 0 heterocycles. The summed E-state index contributed by atoms with van der Waals surface area (Å²) < 4.78 is 13.3. The molecule has 0 aliphatic heterocycles. The number of carbonyl (C=O) groups excluding carboxylic acids is 1. The molecule has 1 rings (SSSR count). The lowest BCUT2D eigenvalue weighted by Crippen LogP contribution is -2.34. The highest BCUT2D eigenvalue weighted by Crippen LogP contribution is 2.21. The molecule has 6 heteroatoms. The molecule has 2 N–H and O–H groups in total. The summed E-state index contributed by atoms with van der Waals surface area (Å²) in [7, 11) is 1.66. The van der Waals surface area contributed by atoms with E-state index in [1.54, 1.807) is 7.05 Å². The van der Waals surface area contributed by atoms with E-state index in [0.29, 0.717) is 18.9 Å². The Kier molecular flexibility index (Phi) is 8.09. The van der Waals surface area contributed by atoms with Gasteiger partial charge < -0.3 is 10.6 Å². The first-order valence-electron chi connectivity index (χ1n) is 6.29. The predicted octanol–water partition coefficient (Wildman–Crippen LogP) is 3.35. The third-order valence-corrected chi connectivity index (χ3v) is 3.57. The van der Waals surface area contributed by atoms with E-state index in [1.807, 2.05) is 13.8 Å². The van der Waals surface area contributed by atoms with E-state index in [9.17, 15) is 9.18 Å². The standard InChI is InChI=1S/C14H20ClFN2O.ClH/c1-9(2)12(17)7-8-18(3)14(19)10-5-4-6-11(16)13(10)15;/h4-6,9,12H,7-8,17H2,1-3H3;1H. The quantitative estimate of drug-likeness (QED) is 0.903. The van der Waals surface area contributed by atoms with Crippen LogP contribution in [0.15, 0.2) is 18.2 Å². The topological polar surface area (TPSA) is 46.3 Å². The molecule has 0 fully saturated rings. The van der Waals surface area contributed by atoms with E-state index >= 15 is 0 Å². The highest BCUT2D eigenvalue weighted by atomic mass is 35.5. The van der Waals surface area contributed by atoms with Crippen LogP contribution in [-0.2, 0) is 0 Å². The molecule has 3 nitrogen and oxygen atoms in total. The van der Waals surface area contributed by atoms with Crippen LogP contribution in [0.25, 0.3) is 0 Å². The Morgan fingerprint density at radius 3 is 2.60 bits per heavy atom. The molecule has 20 heavy (non-hydrogen) atoms. The maximum Gasteiger partial charge on any atom is 0.255 e. The zero-order valence-corrected chi connectivity index (χ0v) is 13.5. The summed E-state index contributed by atoms with van der Waals surface area (Å²) in [5, 5.41) is -0.132. The summed E-state index contributed by atoms with van der Waals surface area (Å²) in [5.74, 6) is -0.512. The first-order valence-corrected chi connectivity index (χ1v) is 6.67. The number of rotatable bonds is 5. The van der Waals surface area contributed by atoms with Gasteiger partial charge in [0, 0.05) is 19.6 Å². The normalized spacial score (nSPS) is 11.9. The lowest BCUT2D eigenvalue weighted by Gasteiger charge is -2.22. The van der Waals surface area contributed by atoms with Gasteiger partial charge in [-0.15, -0.1) is 12.4 Å². The Balaban J connectivity index is 0.00000361. The van der Waals surface area contributed by atoms with Crippen LogP contribution in [0, 0.1) is 11.7 Å². The number of benzene rings is 1. The molecule has 114 valence electrons. The maximum atomic E-state index is 13.3. The fourth-order valence-corrected chi connectivity index (χ4v) is 1.86. The first-order chi connectivity index (χ1) is 8.84. The molecule has 1 aromatic rings. The summed E-state index contributed by atoms with van der Waals surface area (Å²) in [5.41, 5.74) is 6.12. The average Bonchev–Trinajstić information content (AvgIpc) is 2.37. The van der Waals surface area contributed by atoms with Crippen molar-refractivity contribution >= 4 is 29.9 Å². The minimum absolute atomic E-state index is 0. The van der Waals surface area contributed by atoms with Gasteiger partial charge in [0.25, 0.3) is 5.91 Å². The van der Waals surface area contributed by atoms with Crippen LogP contribution < -0.4 is 5.73 Å². The van der Waals surface area contributed by atoms with E-state index in [2.05, 4.69) is 0 Å². The van der Waals surface area contributed by atoms with Crippen LogP contribution in [0.1, 0.15) is 30.6 Å². The molecule has 0 bridgehead atoms. The number of halogens is 3. The van der Waals surface area contributed by atoms with Crippen molar-refractivity contribution in [2.24, 2.45) is 11.7 Å². The molecule has 0 aliphatic rings. The number of amides is 1. The van der Waals surface area contributed by atoms with Crippen LogP contribution in [0.5, 0.6) is 0 Å². The van der Waals surface area contributed by atoms with Crippen LogP contribution in [0.3, 0.4) is 0 Å². The number of nitrogens with zero attached hydrogens (tertiary/aromatic N) is 1. The molecule has 1 unspecified atom stereocenters. The van der Waals surface area contributed by atoms with Gasteiger partial charge >= 0.3 is 0 Å². The second kappa shape index (κ2) is 8.45. The second-order valence-corrected chi connectivity index (χ2v) is 5.40. The molecule has 0 aromatic heterocycles. The van der Waals surface area contributed by atoms with Crippen LogP contribution in [0.4, 0.5) is 4.39 Å². The second-order valence-electron chi connectivity index (χ2n) is 5.02. The van der Waals surface area contributed by atoms with Gasteiger partial charge in [0.05, 0.1) is 10.6 Å². The van der Waals surface area contributed by atoms with Crippen LogP contribution in [0.2, 0.25) is 5.02 Å². The van der Waals surface area contributed by atoms with E-state index < -0.39 is 5.82 Å². The van der Waals surface area contributed by atoms with E-state index in [4.69, 9.17) is 17.3 Å². The van der Waals surface area contributed by atoms with Gasteiger partial charge in [-0.25, -0.2) is 4.39 Å². The zero-order valence-electron chi connectivity index (χ0n) is 11.9. The van der Waals surface area contributed by atoms with Gasteiger partial charge in [0.1, 0.15) is 5.82 Å². The number of hydrogen-bond acceptors (Lipinski definition) is 2. The number of carbonyl (C=O) groups is 1. The average molecular weight is 323 g/mol. The van der Waals surface area contributed by atoms with Crippen molar-refractivity contribution in [2.75, 3.05) is 13.6 Å². The number of nitrogens with two attached hydrogens (primary N) is 1. The predicted molar refractivity (Wildman–Crippen MR) is 83.0 cm³/mol. The third kappa shape index (κ3) is 4.93. The van der Waals surface area contributed by atoms with Crippen molar-refractivity contribution < 1.29 is 9.18 Å². The SMILES string of the molecule is CC(C)C(N)CCN(C)C(=O)c1cccc(F)c1Cl.Cl. The van der Waals surface area contributed by atoms with Crippen LogP contribution in [-0.4, -0.2) is 30.4 Å². The molecule has 0 spiro atoms. The van der Waals surface area contributed by atoms with Crippen molar-refractivity contribution in [2.45, 2.75) is 26.3 Å². The fourth-order valence-electron chi connectivity index (χ4n) is 1.65. The Hall–Kier alpha value is -0.840. The Morgan fingerprint density at radius 2 is 2.05 bits per heavy atom.